The number of carbonyl (C=O) groups excluding carboxylic acids is 3. The highest BCUT2D eigenvalue weighted by Gasteiger charge is 2.32. The molecule has 1 aliphatic rings. The summed E-state index contributed by atoms with van der Waals surface area (Å²) in [5, 5.41) is 48.4. The third-order valence-corrected chi connectivity index (χ3v) is 7.06. The van der Waals surface area contributed by atoms with Crippen molar-refractivity contribution in [3.8, 4) is 22.6 Å². The van der Waals surface area contributed by atoms with Crippen LogP contribution in [0.25, 0.3) is 11.1 Å². The zero-order valence-electron chi connectivity index (χ0n) is 23.5. The Balaban J connectivity index is 2.10. The quantitative estimate of drug-likeness (QED) is 0.192. The first-order chi connectivity index (χ1) is 19.8. The van der Waals surface area contributed by atoms with Gasteiger partial charge in [0.2, 0.25) is 17.7 Å². The van der Waals surface area contributed by atoms with E-state index in [0.29, 0.717) is 16.7 Å². The van der Waals surface area contributed by atoms with E-state index in [2.05, 4.69) is 16.0 Å². The van der Waals surface area contributed by atoms with Crippen molar-refractivity contribution in [1.29, 1.82) is 0 Å². The predicted molar refractivity (Wildman–Crippen MR) is 153 cm³/mol. The lowest BCUT2D eigenvalue weighted by atomic mass is 9.95. The molecule has 11 N–H and O–H groups in total. The van der Waals surface area contributed by atoms with Gasteiger partial charge in [-0.3, -0.25) is 14.4 Å². The Bertz CT molecular complexity index is 1320. The molecule has 3 rings (SSSR count). The summed E-state index contributed by atoms with van der Waals surface area (Å²) in [4.78, 5) is 51.8. The number of aromatic hydroxyl groups is 2. The highest BCUT2D eigenvalue weighted by atomic mass is 16.4. The molecule has 2 aromatic rings. The largest absolute Gasteiger partial charge is 0.508 e. The first-order valence-electron chi connectivity index (χ1n) is 13.7. The molecule has 228 valence electrons. The summed E-state index contributed by atoms with van der Waals surface area (Å²) in [5.74, 6) is -4.00. The number of rotatable bonds is 8. The van der Waals surface area contributed by atoms with Gasteiger partial charge in [0, 0.05) is 25.8 Å². The fraction of sp³-hybridized carbons (Fsp3) is 0.448. The highest BCUT2D eigenvalue weighted by Crippen LogP contribution is 2.31. The minimum atomic E-state index is -1.38. The van der Waals surface area contributed by atoms with E-state index in [0.717, 1.165) is 0 Å². The van der Waals surface area contributed by atoms with Crippen LogP contribution in [-0.2, 0) is 32.0 Å². The van der Waals surface area contributed by atoms with Crippen LogP contribution in [0, 0.1) is 5.92 Å². The zero-order valence-corrected chi connectivity index (χ0v) is 23.5. The van der Waals surface area contributed by atoms with Gasteiger partial charge in [0.1, 0.15) is 29.6 Å². The molecular formula is C29H39N5O8. The van der Waals surface area contributed by atoms with Gasteiger partial charge in [-0.1, -0.05) is 26.0 Å². The predicted octanol–water partition coefficient (Wildman–Crippen LogP) is -0.514. The van der Waals surface area contributed by atoms with Crippen molar-refractivity contribution in [2.75, 3.05) is 6.54 Å². The molecule has 1 aliphatic heterocycles. The number of nitrogens with one attached hydrogen (secondary N) is 3. The van der Waals surface area contributed by atoms with Crippen molar-refractivity contribution in [2.45, 2.75) is 69.8 Å². The molecule has 0 aliphatic carbocycles. The monoisotopic (exact) mass is 585 g/mol. The molecule has 5 atom stereocenters. The summed E-state index contributed by atoms with van der Waals surface area (Å²) in [6.07, 6.45) is -1.68. The number of hydrogen-bond donors (Lipinski definition) is 9. The van der Waals surface area contributed by atoms with Crippen molar-refractivity contribution in [3.63, 3.8) is 0 Å². The minimum Gasteiger partial charge on any atom is -0.508 e. The van der Waals surface area contributed by atoms with Crippen LogP contribution in [0.15, 0.2) is 36.4 Å². The fourth-order valence-corrected chi connectivity index (χ4v) is 4.73. The van der Waals surface area contributed by atoms with Crippen LogP contribution in [0.4, 0.5) is 0 Å². The number of phenols is 2. The molecule has 3 amide bonds. The highest BCUT2D eigenvalue weighted by molar-refractivity contribution is 5.94. The Hall–Kier alpha value is -4.20. The maximum atomic E-state index is 13.5. The summed E-state index contributed by atoms with van der Waals surface area (Å²) < 4.78 is 0. The van der Waals surface area contributed by atoms with E-state index < -0.39 is 54.0 Å². The van der Waals surface area contributed by atoms with Gasteiger partial charge in [0.15, 0.2) is 0 Å². The van der Waals surface area contributed by atoms with Crippen molar-refractivity contribution in [3.05, 3.63) is 47.5 Å². The molecule has 0 saturated heterocycles. The Kier molecular flexibility index (Phi) is 10.9. The lowest BCUT2D eigenvalue weighted by Gasteiger charge is -2.26. The third-order valence-electron chi connectivity index (χ3n) is 7.06. The molecule has 0 radical (unpaired) electrons. The maximum Gasteiger partial charge on any atom is 0.326 e. The molecule has 0 saturated carbocycles. The van der Waals surface area contributed by atoms with Gasteiger partial charge in [-0.15, -0.1) is 0 Å². The van der Waals surface area contributed by atoms with E-state index in [4.69, 9.17) is 11.5 Å². The van der Waals surface area contributed by atoms with E-state index in [1.165, 1.54) is 12.1 Å². The average Bonchev–Trinajstić information content (AvgIpc) is 2.93. The van der Waals surface area contributed by atoms with E-state index in [-0.39, 0.29) is 55.2 Å². The Morgan fingerprint density at radius 3 is 2.07 bits per heavy atom. The number of phenolic OH excluding ortho intramolecular Hbond substituents is 2. The van der Waals surface area contributed by atoms with Crippen LogP contribution in [0.3, 0.4) is 0 Å². The van der Waals surface area contributed by atoms with Crippen molar-refractivity contribution in [2.24, 2.45) is 17.4 Å². The van der Waals surface area contributed by atoms with Crippen LogP contribution in [-0.4, -0.2) is 80.9 Å². The normalized spacial score (nSPS) is 20.9. The van der Waals surface area contributed by atoms with Gasteiger partial charge in [0.25, 0.3) is 0 Å². The zero-order chi connectivity index (χ0) is 31.1. The number of carbonyl (C=O) groups is 4. The summed E-state index contributed by atoms with van der Waals surface area (Å²) in [6.45, 7) is 3.38. The third kappa shape index (κ3) is 8.41. The first-order valence-corrected chi connectivity index (χ1v) is 13.7. The molecule has 42 heavy (non-hydrogen) atoms. The maximum absolute atomic E-state index is 13.5. The number of carboxylic acid groups (broad SMARTS) is 1. The van der Waals surface area contributed by atoms with Gasteiger partial charge in [-0.05, 0) is 58.9 Å². The molecule has 0 spiro atoms. The second kappa shape index (κ2) is 14.1. The van der Waals surface area contributed by atoms with Gasteiger partial charge < -0.3 is 47.8 Å². The number of benzene rings is 2. The van der Waals surface area contributed by atoms with Crippen molar-refractivity contribution < 1.29 is 39.6 Å². The second-order valence-electron chi connectivity index (χ2n) is 11.0. The lowest BCUT2D eigenvalue weighted by Crippen LogP contribution is -2.58. The average molecular weight is 586 g/mol. The van der Waals surface area contributed by atoms with Crippen LogP contribution in [0.5, 0.6) is 11.5 Å². The summed E-state index contributed by atoms with van der Waals surface area (Å²) in [6, 6.07) is 4.20. The number of aliphatic hydroxyl groups is 1. The summed E-state index contributed by atoms with van der Waals surface area (Å²) in [5.41, 5.74) is 13.5. The Labute approximate surface area is 243 Å². The van der Waals surface area contributed by atoms with E-state index in [9.17, 15) is 39.6 Å². The Morgan fingerprint density at radius 2 is 1.55 bits per heavy atom. The molecule has 13 heteroatoms. The number of fused-ring (bicyclic) bond motifs is 5. The lowest BCUT2D eigenvalue weighted by molar-refractivity contribution is -0.142. The van der Waals surface area contributed by atoms with Crippen LogP contribution >= 0.6 is 0 Å². The van der Waals surface area contributed by atoms with Gasteiger partial charge in [0.05, 0.1) is 12.1 Å². The van der Waals surface area contributed by atoms with Crippen LogP contribution < -0.4 is 27.4 Å². The molecule has 2 aromatic carbocycles. The van der Waals surface area contributed by atoms with E-state index >= 15 is 0 Å². The minimum absolute atomic E-state index is 0.0635. The summed E-state index contributed by atoms with van der Waals surface area (Å²) >= 11 is 0. The molecule has 13 nitrogen and oxygen atoms in total. The first kappa shape index (κ1) is 32.3. The number of aliphatic carboxylic acids is 1. The van der Waals surface area contributed by atoms with E-state index in [1.807, 2.05) is 0 Å². The summed E-state index contributed by atoms with van der Waals surface area (Å²) in [7, 11) is 0. The van der Waals surface area contributed by atoms with Gasteiger partial charge in [-0.25, -0.2) is 4.79 Å². The standard InChI is InChI=1S/C29H39N5O8/c1-14(2)7-23(29(41)42)34-27(39)21-11-18-9-16(4-6-25(18)37)15-3-5-24(36)17(8-15)10-20(31)26(38)32-22(28(40)33-21)12-19(35)13-30/h3-6,8-9,14,19-23,35-37H,7,10-13,30-31H2,1-2H3,(H,32,38)(H,33,40)(H,34,39)(H,41,42)/t19-,20+,21+,22+,23+/m1/s1. The Morgan fingerprint density at radius 1 is 0.976 bits per heavy atom. The van der Waals surface area contributed by atoms with Gasteiger partial charge in [-0.2, -0.15) is 0 Å². The topological polar surface area (TPSA) is 237 Å². The van der Waals surface area contributed by atoms with Crippen LogP contribution in [0.2, 0.25) is 0 Å². The number of hydrogen-bond acceptors (Lipinski definition) is 9. The van der Waals surface area contributed by atoms with E-state index in [1.54, 1.807) is 38.1 Å². The SMILES string of the molecule is CC(C)C[C@H](NC(=O)[C@@H]1Cc2cc(ccc2O)-c2ccc(O)c(c2)C[C@H](N)C(=O)N[C@@H](C[C@@H](O)CN)C(=O)N1)C(=O)O. The number of nitrogens with two attached hydrogens (primary N) is 2. The smallest absolute Gasteiger partial charge is 0.326 e. The molecule has 0 fully saturated rings. The molecule has 0 aromatic heterocycles. The van der Waals surface area contributed by atoms with Gasteiger partial charge >= 0.3 is 5.97 Å². The second-order valence-corrected chi connectivity index (χ2v) is 11.0. The molecule has 0 unspecified atom stereocenters. The fourth-order valence-electron chi connectivity index (χ4n) is 4.73. The molecule has 1 heterocycles. The molecular weight excluding hydrogens is 546 g/mol. The van der Waals surface area contributed by atoms with Crippen LogP contribution in [0.1, 0.15) is 37.8 Å². The number of carboxylic acids is 1. The van der Waals surface area contributed by atoms with Crippen molar-refractivity contribution in [1.82, 2.24) is 16.0 Å². The number of aliphatic hydroxyl groups excluding tert-OH is 1. The number of amides is 3. The van der Waals surface area contributed by atoms with Crippen molar-refractivity contribution >= 4 is 23.7 Å². The molecule has 4 bridgehead atoms.